The Hall–Kier alpha value is -2.78. The number of nitrogens with one attached hydrogen (secondary N) is 1. The summed E-state index contributed by atoms with van der Waals surface area (Å²) in [4.78, 5) is 14.5. The summed E-state index contributed by atoms with van der Waals surface area (Å²) in [5.41, 5.74) is 1.95. The molecule has 1 atom stereocenters. The van der Waals surface area contributed by atoms with Crippen molar-refractivity contribution in [2.45, 2.75) is 19.1 Å². The minimum absolute atomic E-state index is 0.00423. The van der Waals surface area contributed by atoms with Crippen LogP contribution in [0.1, 0.15) is 35.1 Å². The maximum atomic E-state index is 13.4. The monoisotopic (exact) mass is 390 g/mol. The number of carbonyl (C=O) groups is 1. The van der Waals surface area contributed by atoms with Crippen LogP contribution in [0.2, 0.25) is 5.02 Å². The van der Waals surface area contributed by atoms with Crippen LogP contribution in [0.15, 0.2) is 30.6 Å². The average molecular weight is 391 g/mol. The van der Waals surface area contributed by atoms with Crippen LogP contribution in [0, 0.1) is 5.82 Å². The molecule has 140 valence electrons. The van der Waals surface area contributed by atoms with Crippen molar-refractivity contribution in [2.75, 3.05) is 13.1 Å². The number of H-pyrrole nitrogens is 1. The molecule has 3 aromatic rings. The lowest BCUT2D eigenvalue weighted by molar-refractivity contribution is 0.0499. The number of hydrogen-bond donors (Lipinski definition) is 2. The van der Waals surface area contributed by atoms with Crippen LogP contribution in [0.25, 0.3) is 11.3 Å². The van der Waals surface area contributed by atoms with Crippen molar-refractivity contribution in [3.05, 3.63) is 52.7 Å². The Kier molecular flexibility index (Phi) is 4.40. The fourth-order valence-electron chi connectivity index (χ4n) is 2.94. The average Bonchev–Trinajstić information content (AvgIpc) is 3.25. The van der Waals surface area contributed by atoms with Gasteiger partial charge in [0.1, 0.15) is 11.5 Å². The third kappa shape index (κ3) is 3.19. The van der Waals surface area contributed by atoms with E-state index in [0.29, 0.717) is 35.6 Å². The molecule has 1 fully saturated rings. The number of aliphatic hydroxyl groups excluding tert-OH is 1. The fourth-order valence-corrected chi connectivity index (χ4v) is 3.12. The van der Waals surface area contributed by atoms with Crippen LogP contribution in [-0.2, 0) is 0 Å². The molecule has 1 aliphatic heterocycles. The lowest BCUT2D eigenvalue weighted by atomic mass is 10.0. The summed E-state index contributed by atoms with van der Waals surface area (Å²) in [6, 6.07) is 4.24. The second kappa shape index (κ2) is 6.75. The zero-order valence-corrected chi connectivity index (χ0v) is 15.1. The minimum Gasteiger partial charge on any atom is -0.387 e. The summed E-state index contributed by atoms with van der Waals surface area (Å²) in [7, 11) is 0. The van der Waals surface area contributed by atoms with Gasteiger partial charge in [-0.1, -0.05) is 16.8 Å². The lowest BCUT2D eigenvalue weighted by Gasteiger charge is -2.38. The first-order valence-electron chi connectivity index (χ1n) is 8.32. The summed E-state index contributed by atoms with van der Waals surface area (Å²) < 4.78 is 15.0. The van der Waals surface area contributed by atoms with Gasteiger partial charge < -0.3 is 10.0 Å². The van der Waals surface area contributed by atoms with Gasteiger partial charge >= 0.3 is 0 Å². The topological polar surface area (TPSA) is 99.9 Å². The Labute approximate surface area is 158 Å². The molecule has 27 heavy (non-hydrogen) atoms. The molecule has 0 saturated carbocycles. The van der Waals surface area contributed by atoms with E-state index in [4.69, 9.17) is 11.6 Å². The first kappa shape index (κ1) is 17.6. The van der Waals surface area contributed by atoms with E-state index >= 15 is 0 Å². The standard InChI is InChI=1S/C17H16ClFN6O2/c1-9(26)15-8-25(23-21-15)11-6-24(7-11)17(27)12-5-20-22-16(12)10-2-3-14(19)13(18)4-10/h2-5,8-9,11,26H,6-7H2,1H3,(H,20,22). The van der Waals surface area contributed by atoms with E-state index in [1.165, 1.54) is 24.4 Å². The van der Waals surface area contributed by atoms with Crippen LogP contribution in [0.4, 0.5) is 4.39 Å². The normalized spacial score (nSPS) is 15.6. The Balaban J connectivity index is 1.49. The zero-order chi connectivity index (χ0) is 19.1. The second-order valence-corrected chi connectivity index (χ2v) is 6.86. The van der Waals surface area contributed by atoms with Crippen molar-refractivity contribution < 1.29 is 14.3 Å². The molecule has 1 unspecified atom stereocenters. The Morgan fingerprint density at radius 1 is 1.44 bits per heavy atom. The first-order chi connectivity index (χ1) is 12.9. The van der Waals surface area contributed by atoms with E-state index in [1.807, 2.05) is 0 Å². The lowest BCUT2D eigenvalue weighted by Crippen LogP contribution is -2.50. The highest BCUT2D eigenvalue weighted by Gasteiger charge is 2.35. The molecule has 4 rings (SSSR count). The summed E-state index contributed by atoms with van der Waals surface area (Å²) >= 11 is 5.84. The van der Waals surface area contributed by atoms with Gasteiger partial charge in [0.25, 0.3) is 5.91 Å². The van der Waals surface area contributed by atoms with E-state index in [9.17, 15) is 14.3 Å². The number of nitrogens with zero attached hydrogens (tertiary/aromatic N) is 5. The number of carbonyl (C=O) groups excluding carboxylic acids is 1. The van der Waals surface area contributed by atoms with Gasteiger partial charge in [0.05, 0.1) is 40.8 Å². The number of amides is 1. The van der Waals surface area contributed by atoms with Crippen molar-refractivity contribution in [1.82, 2.24) is 30.1 Å². The molecule has 0 aliphatic carbocycles. The van der Waals surface area contributed by atoms with E-state index in [1.54, 1.807) is 22.7 Å². The van der Waals surface area contributed by atoms with Gasteiger partial charge in [-0.25, -0.2) is 9.07 Å². The van der Waals surface area contributed by atoms with Crippen molar-refractivity contribution in [3.8, 4) is 11.3 Å². The van der Waals surface area contributed by atoms with Gasteiger partial charge in [0, 0.05) is 18.7 Å². The summed E-state index contributed by atoms with van der Waals surface area (Å²) in [6.45, 7) is 2.56. The number of aromatic nitrogens is 5. The van der Waals surface area contributed by atoms with Crippen LogP contribution in [0.5, 0.6) is 0 Å². The van der Waals surface area contributed by atoms with Crippen LogP contribution in [0.3, 0.4) is 0 Å². The summed E-state index contributed by atoms with van der Waals surface area (Å²) in [6.07, 6.45) is 2.44. The number of likely N-dealkylation sites (tertiary alicyclic amines) is 1. The highest BCUT2D eigenvalue weighted by molar-refractivity contribution is 6.31. The van der Waals surface area contributed by atoms with Crippen molar-refractivity contribution in [1.29, 1.82) is 0 Å². The molecule has 2 N–H and O–H groups in total. The smallest absolute Gasteiger partial charge is 0.257 e. The van der Waals surface area contributed by atoms with Crippen molar-refractivity contribution in [3.63, 3.8) is 0 Å². The zero-order valence-electron chi connectivity index (χ0n) is 14.3. The minimum atomic E-state index is -0.687. The maximum absolute atomic E-state index is 13.4. The molecule has 8 nitrogen and oxygen atoms in total. The third-order valence-electron chi connectivity index (χ3n) is 4.56. The molecule has 1 aromatic carbocycles. The second-order valence-electron chi connectivity index (χ2n) is 6.45. The van der Waals surface area contributed by atoms with Crippen LogP contribution in [-0.4, -0.2) is 54.2 Å². The van der Waals surface area contributed by atoms with Gasteiger partial charge in [-0.15, -0.1) is 5.10 Å². The molecule has 0 bridgehead atoms. The van der Waals surface area contributed by atoms with Crippen LogP contribution >= 0.6 is 11.6 Å². The van der Waals surface area contributed by atoms with Gasteiger partial charge in [0.2, 0.25) is 0 Å². The highest BCUT2D eigenvalue weighted by atomic mass is 35.5. The molecule has 10 heteroatoms. The summed E-state index contributed by atoms with van der Waals surface area (Å²) in [5.74, 6) is -0.714. The molecule has 1 amide bonds. The van der Waals surface area contributed by atoms with Crippen molar-refractivity contribution in [2.24, 2.45) is 0 Å². The Morgan fingerprint density at radius 3 is 2.89 bits per heavy atom. The third-order valence-corrected chi connectivity index (χ3v) is 4.85. The molecule has 0 spiro atoms. The summed E-state index contributed by atoms with van der Waals surface area (Å²) in [5, 5.41) is 24.1. The largest absolute Gasteiger partial charge is 0.387 e. The Morgan fingerprint density at radius 2 is 2.22 bits per heavy atom. The van der Waals surface area contributed by atoms with E-state index in [2.05, 4.69) is 20.5 Å². The number of rotatable bonds is 4. The molecule has 1 saturated heterocycles. The molecule has 1 aliphatic rings. The van der Waals surface area contributed by atoms with Crippen molar-refractivity contribution >= 4 is 17.5 Å². The maximum Gasteiger partial charge on any atom is 0.257 e. The fraction of sp³-hybridized carbons (Fsp3) is 0.294. The number of halogens is 2. The number of aliphatic hydroxyl groups is 1. The molecule has 3 heterocycles. The van der Waals surface area contributed by atoms with Gasteiger partial charge in [0.15, 0.2) is 0 Å². The molecular weight excluding hydrogens is 375 g/mol. The van der Waals surface area contributed by atoms with E-state index in [0.717, 1.165) is 0 Å². The molecule has 0 radical (unpaired) electrons. The number of hydrogen-bond acceptors (Lipinski definition) is 5. The number of benzene rings is 1. The van der Waals surface area contributed by atoms with Gasteiger partial charge in [-0.05, 0) is 25.1 Å². The van der Waals surface area contributed by atoms with Crippen LogP contribution < -0.4 is 0 Å². The van der Waals surface area contributed by atoms with E-state index in [-0.39, 0.29) is 17.0 Å². The first-order valence-corrected chi connectivity index (χ1v) is 8.69. The van der Waals surface area contributed by atoms with Gasteiger partial charge in [-0.2, -0.15) is 5.10 Å². The SMILES string of the molecule is CC(O)c1cn(C2CN(C(=O)c3cn[nH]c3-c3ccc(F)c(Cl)c3)C2)nn1. The Bertz CT molecular complexity index is 995. The predicted molar refractivity (Wildman–Crippen MR) is 94.6 cm³/mol. The van der Waals surface area contributed by atoms with E-state index < -0.39 is 11.9 Å². The van der Waals surface area contributed by atoms with Gasteiger partial charge in [-0.3, -0.25) is 9.89 Å². The highest BCUT2D eigenvalue weighted by Crippen LogP contribution is 2.29. The molecule has 2 aromatic heterocycles. The quantitative estimate of drug-likeness (QED) is 0.711. The molecular formula is C17H16ClFN6O2. The number of aromatic amines is 1. The predicted octanol–water partition coefficient (Wildman–Crippen LogP) is 2.21.